The van der Waals surface area contributed by atoms with Crippen molar-refractivity contribution < 1.29 is 19.0 Å². The highest BCUT2D eigenvalue weighted by Gasteiger charge is 2.20. The highest BCUT2D eigenvalue weighted by atomic mass is 16.5. The number of carbonyl (C=O) groups is 1. The number of benzene rings is 1. The number of pyridine rings is 1. The molecule has 0 spiro atoms. The van der Waals surface area contributed by atoms with Gasteiger partial charge in [-0.2, -0.15) is 0 Å². The SMILES string of the molecule is COCCOC[C@@H](CC(=O)Cc1cc2c(cn1)C(OC)=NC2)c1ccccc1. The largest absolute Gasteiger partial charge is 0.481 e. The number of carbonyl (C=O) groups excluding carboxylic acids is 1. The highest BCUT2D eigenvalue weighted by Crippen LogP contribution is 2.23. The number of aromatic nitrogens is 1. The average molecular weight is 382 g/mol. The molecular weight excluding hydrogens is 356 g/mol. The van der Waals surface area contributed by atoms with Crippen molar-refractivity contribution in [3.8, 4) is 0 Å². The Morgan fingerprint density at radius 1 is 1.18 bits per heavy atom. The summed E-state index contributed by atoms with van der Waals surface area (Å²) in [6.45, 7) is 2.12. The van der Waals surface area contributed by atoms with Gasteiger partial charge in [0.15, 0.2) is 0 Å². The molecule has 0 bridgehead atoms. The fraction of sp³-hybridized carbons (Fsp3) is 0.409. The number of Topliss-reactive ketones (excluding diaryl/α,β-unsaturated/α-hetero) is 1. The van der Waals surface area contributed by atoms with Gasteiger partial charge in [-0.05, 0) is 17.2 Å². The molecule has 0 aliphatic carbocycles. The molecule has 1 aliphatic rings. The van der Waals surface area contributed by atoms with Crippen LogP contribution in [0.25, 0.3) is 0 Å². The summed E-state index contributed by atoms with van der Waals surface area (Å²) in [5.41, 5.74) is 3.83. The summed E-state index contributed by atoms with van der Waals surface area (Å²) in [7, 11) is 3.25. The summed E-state index contributed by atoms with van der Waals surface area (Å²) in [4.78, 5) is 21.5. The minimum Gasteiger partial charge on any atom is -0.481 e. The predicted octanol–water partition coefficient (Wildman–Crippen LogP) is 2.94. The third kappa shape index (κ3) is 5.24. The molecule has 0 radical (unpaired) electrons. The van der Waals surface area contributed by atoms with E-state index in [4.69, 9.17) is 14.2 Å². The van der Waals surface area contributed by atoms with Crippen LogP contribution in [-0.4, -0.2) is 50.7 Å². The van der Waals surface area contributed by atoms with Crippen LogP contribution in [0.5, 0.6) is 0 Å². The molecule has 0 fully saturated rings. The van der Waals surface area contributed by atoms with E-state index in [-0.39, 0.29) is 11.7 Å². The van der Waals surface area contributed by atoms with E-state index in [1.54, 1.807) is 20.4 Å². The molecule has 2 aromatic rings. The maximum absolute atomic E-state index is 12.7. The second kappa shape index (κ2) is 10.1. The molecule has 0 saturated carbocycles. The number of ether oxygens (including phenoxy) is 3. The number of methoxy groups -OCH3 is 2. The lowest BCUT2D eigenvalue weighted by Gasteiger charge is -2.17. The first-order chi connectivity index (χ1) is 13.7. The van der Waals surface area contributed by atoms with Crippen molar-refractivity contribution in [1.29, 1.82) is 0 Å². The number of aliphatic imine (C=N–C) groups is 1. The number of hydrogen-bond donors (Lipinski definition) is 0. The molecule has 0 unspecified atom stereocenters. The van der Waals surface area contributed by atoms with Crippen LogP contribution in [0.3, 0.4) is 0 Å². The molecule has 3 rings (SSSR count). The Morgan fingerprint density at radius 3 is 2.75 bits per heavy atom. The van der Waals surface area contributed by atoms with Crippen LogP contribution in [0.15, 0.2) is 47.6 Å². The first-order valence-corrected chi connectivity index (χ1v) is 9.41. The molecule has 28 heavy (non-hydrogen) atoms. The summed E-state index contributed by atoms with van der Waals surface area (Å²) in [5.74, 6) is 0.767. The number of fused-ring (bicyclic) bond motifs is 1. The van der Waals surface area contributed by atoms with Gasteiger partial charge >= 0.3 is 0 Å². The summed E-state index contributed by atoms with van der Waals surface area (Å²) in [6.07, 6.45) is 2.46. The molecule has 0 N–H and O–H groups in total. The van der Waals surface area contributed by atoms with E-state index >= 15 is 0 Å². The van der Waals surface area contributed by atoms with Crippen molar-refractivity contribution in [1.82, 2.24) is 4.98 Å². The van der Waals surface area contributed by atoms with Crippen molar-refractivity contribution in [3.05, 3.63) is 65.0 Å². The van der Waals surface area contributed by atoms with Crippen LogP contribution in [0.1, 0.15) is 34.7 Å². The van der Waals surface area contributed by atoms with Crippen LogP contribution >= 0.6 is 0 Å². The molecule has 6 heteroatoms. The van der Waals surface area contributed by atoms with Gasteiger partial charge in [-0.1, -0.05) is 30.3 Å². The van der Waals surface area contributed by atoms with Crippen LogP contribution in [0.4, 0.5) is 0 Å². The van der Waals surface area contributed by atoms with Gasteiger partial charge in [-0.15, -0.1) is 0 Å². The third-order valence-electron chi connectivity index (χ3n) is 4.74. The Hall–Kier alpha value is -2.57. The van der Waals surface area contributed by atoms with Gasteiger partial charge in [0.05, 0.1) is 39.0 Å². The number of hydrogen-bond acceptors (Lipinski definition) is 6. The zero-order valence-electron chi connectivity index (χ0n) is 16.4. The maximum Gasteiger partial charge on any atom is 0.218 e. The van der Waals surface area contributed by atoms with Gasteiger partial charge in [0.25, 0.3) is 0 Å². The molecule has 0 saturated heterocycles. The van der Waals surface area contributed by atoms with E-state index < -0.39 is 0 Å². The van der Waals surface area contributed by atoms with Crippen LogP contribution in [-0.2, 0) is 32.0 Å². The van der Waals surface area contributed by atoms with E-state index in [0.29, 0.717) is 45.1 Å². The standard InChI is InChI=1S/C22H26N2O4/c1-26-8-9-28-15-18(16-6-4-3-5-7-16)11-20(25)12-19-10-17-13-24-22(27-2)21(17)14-23-19/h3-7,10,14,18H,8-9,11-13,15H2,1-2H3/t18-/m1/s1. The van der Waals surface area contributed by atoms with E-state index in [0.717, 1.165) is 22.4 Å². The fourth-order valence-electron chi connectivity index (χ4n) is 3.30. The lowest BCUT2D eigenvalue weighted by atomic mass is 9.93. The smallest absolute Gasteiger partial charge is 0.218 e. The third-order valence-corrected chi connectivity index (χ3v) is 4.74. The molecule has 148 valence electrons. The normalized spacial score (nSPS) is 13.7. The lowest BCUT2D eigenvalue weighted by Crippen LogP contribution is -2.16. The predicted molar refractivity (Wildman–Crippen MR) is 107 cm³/mol. The minimum absolute atomic E-state index is 0.0170. The lowest BCUT2D eigenvalue weighted by molar-refractivity contribution is -0.119. The molecule has 6 nitrogen and oxygen atoms in total. The highest BCUT2D eigenvalue weighted by molar-refractivity contribution is 5.97. The second-order valence-corrected chi connectivity index (χ2v) is 6.75. The minimum atomic E-state index is 0.0170. The van der Waals surface area contributed by atoms with Crippen molar-refractivity contribution in [2.75, 3.05) is 34.0 Å². The second-order valence-electron chi connectivity index (χ2n) is 6.75. The number of nitrogens with zero attached hydrogens (tertiary/aromatic N) is 2. The Morgan fingerprint density at radius 2 is 2.00 bits per heavy atom. The molecule has 0 amide bonds. The van der Waals surface area contributed by atoms with Gasteiger partial charge in [0, 0.05) is 37.8 Å². The summed E-state index contributed by atoms with van der Waals surface area (Å²) in [6, 6.07) is 12.0. The Labute approximate surface area is 165 Å². The monoisotopic (exact) mass is 382 g/mol. The maximum atomic E-state index is 12.7. The molecule has 1 aromatic heterocycles. The Bertz CT molecular complexity index is 821. The molecule has 1 atom stereocenters. The van der Waals surface area contributed by atoms with E-state index in [1.165, 1.54) is 0 Å². The van der Waals surface area contributed by atoms with E-state index in [9.17, 15) is 4.79 Å². The van der Waals surface area contributed by atoms with Crippen LogP contribution < -0.4 is 0 Å². The Balaban J connectivity index is 1.62. The van der Waals surface area contributed by atoms with Gasteiger partial charge in [-0.3, -0.25) is 9.78 Å². The number of rotatable bonds is 10. The van der Waals surface area contributed by atoms with Gasteiger partial charge in [0.2, 0.25) is 5.90 Å². The van der Waals surface area contributed by atoms with E-state index in [1.807, 2.05) is 36.4 Å². The molecular formula is C22H26N2O4. The topological polar surface area (TPSA) is 70.0 Å². The first kappa shape index (κ1) is 20.2. The zero-order valence-corrected chi connectivity index (χ0v) is 16.4. The summed E-state index contributed by atoms with van der Waals surface area (Å²) in [5, 5.41) is 0. The number of ketones is 1. The van der Waals surface area contributed by atoms with E-state index in [2.05, 4.69) is 9.98 Å². The quantitative estimate of drug-likeness (QED) is 0.591. The fourth-order valence-corrected chi connectivity index (χ4v) is 3.30. The summed E-state index contributed by atoms with van der Waals surface area (Å²) >= 11 is 0. The Kier molecular flexibility index (Phi) is 7.28. The van der Waals surface area contributed by atoms with Gasteiger partial charge < -0.3 is 14.2 Å². The average Bonchev–Trinajstić information content (AvgIpc) is 3.13. The van der Waals surface area contributed by atoms with Crippen molar-refractivity contribution >= 4 is 11.7 Å². The van der Waals surface area contributed by atoms with Crippen molar-refractivity contribution in [2.24, 2.45) is 4.99 Å². The van der Waals surface area contributed by atoms with Crippen LogP contribution in [0.2, 0.25) is 0 Å². The summed E-state index contributed by atoms with van der Waals surface area (Å²) < 4.78 is 16.0. The first-order valence-electron chi connectivity index (χ1n) is 9.41. The van der Waals surface area contributed by atoms with Gasteiger partial charge in [0.1, 0.15) is 5.78 Å². The van der Waals surface area contributed by atoms with Crippen molar-refractivity contribution in [3.63, 3.8) is 0 Å². The van der Waals surface area contributed by atoms with Crippen LogP contribution in [0, 0.1) is 0 Å². The molecule has 1 aromatic carbocycles. The zero-order chi connectivity index (χ0) is 19.8. The van der Waals surface area contributed by atoms with Crippen molar-refractivity contribution in [2.45, 2.75) is 25.3 Å². The van der Waals surface area contributed by atoms with Gasteiger partial charge in [-0.25, -0.2) is 4.99 Å². The molecule has 2 heterocycles. The molecule has 1 aliphatic heterocycles.